The van der Waals surface area contributed by atoms with Gasteiger partial charge in [-0.15, -0.1) is 0 Å². The molecule has 0 aliphatic rings. The SMILES string of the molecule is CCCC(OCC)C(Cc1ccc(OC)c(F)c1)NCC. The Morgan fingerprint density at radius 1 is 1.24 bits per heavy atom. The molecule has 4 heteroatoms. The van der Waals surface area contributed by atoms with Crippen LogP contribution < -0.4 is 10.1 Å². The highest BCUT2D eigenvalue weighted by Crippen LogP contribution is 2.20. The van der Waals surface area contributed by atoms with E-state index in [1.54, 1.807) is 12.1 Å². The van der Waals surface area contributed by atoms with Crippen molar-refractivity contribution >= 4 is 0 Å². The molecule has 0 amide bonds. The number of benzene rings is 1. The van der Waals surface area contributed by atoms with E-state index in [-0.39, 0.29) is 23.7 Å². The standard InChI is InChI=1S/C17H28FNO2/c1-5-8-17(21-7-3)15(19-6-2)12-13-9-10-16(20-4)14(18)11-13/h9-11,15,17,19H,5-8,12H2,1-4H3. The van der Waals surface area contributed by atoms with Gasteiger partial charge in [-0.3, -0.25) is 0 Å². The molecule has 0 saturated carbocycles. The van der Waals surface area contributed by atoms with E-state index >= 15 is 0 Å². The highest BCUT2D eigenvalue weighted by Gasteiger charge is 2.21. The van der Waals surface area contributed by atoms with E-state index in [9.17, 15) is 4.39 Å². The fourth-order valence-electron chi connectivity index (χ4n) is 2.59. The summed E-state index contributed by atoms with van der Waals surface area (Å²) in [5, 5.41) is 3.47. The van der Waals surface area contributed by atoms with Crippen molar-refractivity contribution in [2.24, 2.45) is 0 Å². The maximum absolute atomic E-state index is 13.8. The molecule has 3 nitrogen and oxygen atoms in total. The van der Waals surface area contributed by atoms with Gasteiger partial charge in [0.1, 0.15) is 0 Å². The number of rotatable bonds is 10. The van der Waals surface area contributed by atoms with Crippen molar-refractivity contribution in [2.75, 3.05) is 20.3 Å². The maximum Gasteiger partial charge on any atom is 0.165 e. The quantitative estimate of drug-likeness (QED) is 0.716. The van der Waals surface area contributed by atoms with Crippen LogP contribution in [0.25, 0.3) is 0 Å². The largest absolute Gasteiger partial charge is 0.494 e. The predicted molar refractivity (Wildman–Crippen MR) is 84.4 cm³/mol. The number of hydrogen-bond acceptors (Lipinski definition) is 3. The maximum atomic E-state index is 13.8. The van der Waals surface area contributed by atoms with Gasteiger partial charge in [-0.1, -0.05) is 26.3 Å². The summed E-state index contributed by atoms with van der Waals surface area (Å²) in [6, 6.07) is 5.35. The third-order valence-corrected chi connectivity index (χ3v) is 3.54. The number of ether oxygens (including phenoxy) is 2. The van der Waals surface area contributed by atoms with Gasteiger partial charge in [-0.2, -0.15) is 0 Å². The molecule has 0 heterocycles. The van der Waals surface area contributed by atoms with Gasteiger partial charge in [-0.05, 0) is 44.0 Å². The van der Waals surface area contributed by atoms with Crippen LogP contribution in [0.4, 0.5) is 4.39 Å². The second kappa shape index (κ2) is 9.74. The first-order valence-corrected chi connectivity index (χ1v) is 7.83. The van der Waals surface area contributed by atoms with E-state index < -0.39 is 0 Å². The number of hydrogen-bond donors (Lipinski definition) is 1. The number of nitrogens with one attached hydrogen (secondary N) is 1. The van der Waals surface area contributed by atoms with E-state index in [0.29, 0.717) is 6.61 Å². The van der Waals surface area contributed by atoms with Gasteiger partial charge < -0.3 is 14.8 Å². The first kappa shape index (κ1) is 17.9. The Morgan fingerprint density at radius 2 is 2.00 bits per heavy atom. The molecule has 0 aromatic heterocycles. The van der Waals surface area contributed by atoms with Crippen LogP contribution in [0.3, 0.4) is 0 Å². The average molecular weight is 297 g/mol. The van der Waals surface area contributed by atoms with E-state index in [1.807, 2.05) is 13.0 Å². The van der Waals surface area contributed by atoms with Gasteiger partial charge in [0.15, 0.2) is 11.6 Å². The monoisotopic (exact) mass is 297 g/mol. The lowest BCUT2D eigenvalue weighted by Gasteiger charge is -2.28. The molecular formula is C17H28FNO2. The van der Waals surface area contributed by atoms with Crippen LogP contribution in [0.15, 0.2) is 18.2 Å². The van der Waals surface area contributed by atoms with Crippen molar-refractivity contribution in [1.82, 2.24) is 5.32 Å². The van der Waals surface area contributed by atoms with E-state index in [2.05, 4.69) is 19.2 Å². The predicted octanol–water partition coefficient (Wildman–Crippen LogP) is 3.56. The lowest BCUT2D eigenvalue weighted by Crippen LogP contribution is -2.43. The van der Waals surface area contributed by atoms with Crippen LogP contribution in [0, 0.1) is 5.82 Å². The Labute approximate surface area is 127 Å². The molecule has 0 fully saturated rings. The van der Waals surface area contributed by atoms with Crippen LogP contribution in [0.5, 0.6) is 5.75 Å². The summed E-state index contributed by atoms with van der Waals surface area (Å²) < 4.78 is 24.6. The average Bonchev–Trinajstić information content (AvgIpc) is 2.47. The summed E-state index contributed by atoms with van der Waals surface area (Å²) in [6.07, 6.45) is 2.98. The smallest absolute Gasteiger partial charge is 0.165 e. The van der Waals surface area contributed by atoms with Gasteiger partial charge in [0.2, 0.25) is 0 Å². The molecule has 1 aromatic rings. The van der Waals surface area contributed by atoms with Gasteiger partial charge >= 0.3 is 0 Å². The van der Waals surface area contributed by atoms with Crippen molar-refractivity contribution in [2.45, 2.75) is 52.2 Å². The Morgan fingerprint density at radius 3 is 2.52 bits per heavy atom. The van der Waals surface area contributed by atoms with Gasteiger partial charge in [0.05, 0.1) is 13.2 Å². The summed E-state index contributed by atoms with van der Waals surface area (Å²) >= 11 is 0. The molecule has 1 aromatic carbocycles. The minimum Gasteiger partial charge on any atom is -0.494 e. The molecule has 2 unspecified atom stereocenters. The van der Waals surface area contributed by atoms with E-state index in [4.69, 9.17) is 9.47 Å². The van der Waals surface area contributed by atoms with Gasteiger partial charge in [0.25, 0.3) is 0 Å². The minimum atomic E-state index is -0.311. The third kappa shape index (κ3) is 5.64. The molecule has 21 heavy (non-hydrogen) atoms. The first-order valence-electron chi connectivity index (χ1n) is 7.83. The molecule has 0 saturated heterocycles. The fourth-order valence-corrected chi connectivity index (χ4v) is 2.59. The molecule has 0 radical (unpaired) electrons. The second-order valence-electron chi connectivity index (χ2n) is 5.12. The number of halogens is 1. The van der Waals surface area contributed by atoms with Gasteiger partial charge in [-0.25, -0.2) is 4.39 Å². The van der Waals surface area contributed by atoms with E-state index in [1.165, 1.54) is 7.11 Å². The molecule has 2 atom stereocenters. The highest BCUT2D eigenvalue weighted by molar-refractivity contribution is 5.29. The van der Waals surface area contributed by atoms with Crippen LogP contribution in [0.1, 0.15) is 39.2 Å². The van der Waals surface area contributed by atoms with Crippen molar-refractivity contribution in [1.29, 1.82) is 0 Å². The summed E-state index contributed by atoms with van der Waals surface area (Å²) in [7, 11) is 1.48. The molecule has 1 rings (SSSR count). The normalized spacial score (nSPS) is 14.0. The molecule has 0 bridgehead atoms. The summed E-state index contributed by atoms with van der Waals surface area (Å²) in [4.78, 5) is 0. The zero-order valence-electron chi connectivity index (χ0n) is 13.6. The first-order chi connectivity index (χ1) is 10.2. The van der Waals surface area contributed by atoms with Crippen molar-refractivity contribution in [3.8, 4) is 5.75 Å². The van der Waals surface area contributed by atoms with Crippen LogP contribution in [0.2, 0.25) is 0 Å². The summed E-state index contributed by atoms with van der Waals surface area (Å²) in [5.74, 6) is -0.0256. The van der Waals surface area contributed by atoms with Gasteiger partial charge in [0, 0.05) is 12.6 Å². The zero-order valence-corrected chi connectivity index (χ0v) is 13.6. The Kier molecular flexibility index (Phi) is 8.31. The minimum absolute atomic E-state index is 0.158. The van der Waals surface area contributed by atoms with E-state index in [0.717, 1.165) is 31.4 Å². The number of likely N-dealkylation sites (N-methyl/N-ethyl adjacent to an activating group) is 1. The Bertz CT molecular complexity index is 406. The highest BCUT2D eigenvalue weighted by atomic mass is 19.1. The molecule has 0 aliphatic carbocycles. The summed E-state index contributed by atoms with van der Waals surface area (Å²) in [6.45, 7) is 7.82. The van der Waals surface area contributed by atoms with Crippen LogP contribution in [-0.4, -0.2) is 32.4 Å². The molecular weight excluding hydrogens is 269 g/mol. The van der Waals surface area contributed by atoms with Crippen LogP contribution >= 0.6 is 0 Å². The molecule has 0 aliphatic heterocycles. The summed E-state index contributed by atoms with van der Waals surface area (Å²) in [5.41, 5.74) is 0.958. The van der Waals surface area contributed by atoms with Crippen molar-refractivity contribution in [3.05, 3.63) is 29.6 Å². The lowest BCUT2D eigenvalue weighted by molar-refractivity contribution is 0.0285. The zero-order chi connectivity index (χ0) is 15.7. The third-order valence-electron chi connectivity index (χ3n) is 3.54. The number of methoxy groups -OCH3 is 1. The molecule has 120 valence electrons. The molecule has 0 spiro atoms. The van der Waals surface area contributed by atoms with Crippen LogP contribution in [-0.2, 0) is 11.2 Å². The Balaban J connectivity index is 2.82. The van der Waals surface area contributed by atoms with Crippen molar-refractivity contribution in [3.63, 3.8) is 0 Å². The lowest BCUT2D eigenvalue weighted by atomic mass is 9.98. The Hall–Kier alpha value is -1.13. The fraction of sp³-hybridized carbons (Fsp3) is 0.647. The second-order valence-corrected chi connectivity index (χ2v) is 5.12. The topological polar surface area (TPSA) is 30.5 Å². The molecule has 1 N–H and O–H groups in total. The van der Waals surface area contributed by atoms with Crippen molar-refractivity contribution < 1.29 is 13.9 Å².